The van der Waals surface area contributed by atoms with E-state index >= 15 is 0 Å². The van der Waals surface area contributed by atoms with Gasteiger partial charge in [0.25, 0.3) is 10.0 Å². The first kappa shape index (κ1) is 15.3. The summed E-state index contributed by atoms with van der Waals surface area (Å²) < 4.78 is 41.4. The van der Waals surface area contributed by atoms with Crippen molar-refractivity contribution in [1.82, 2.24) is 0 Å². The minimum Gasteiger partial charge on any atom is -0.398 e. The summed E-state index contributed by atoms with van der Waals surface area (Å²) >= 11 is 6.32. The number of sulfonamides is 1. The Labute approximate surface area is 132 Å². The van der Waals surface area contributed by atoms with E-state index in [4.69, 9.17) is 5.73 Å². The zero-order chi connectivity index (χ0) is 14.9. The number of rotatable bonds is 3. The number of halogens is 3. The Hall–Kier alpha value is -1.12. The topological polar surface area (TPSA) is 72.2 Å². The SMILES string of the molecule is Nc1ccc(Br)cc1S(=O)(=O)Nc1cc(Br)ccc1F. The molecule has 0 atom stereocenters. The van der Waals surface area contributed by atoms with Crippen LogP contribution in [0, 0.1) is 5.82 Å². The van der Waals surface area contributed by atoms with Crippen molar-refractivity contribution in [2.75, 3.05) is 10.5 Å². The number of benzene rings is 2. The van der Waals surface area contributed by atoms with Gasteiger partial charge < -0.3 is 5.73 Å². The fourth-order valence-corrected chi connectivity index (χ4v) is 3.61. The van der Waals surface area contributed by atoms with Crippen LogP contribution in [0.25, 0.3) is 0 Å². The van der Waals surface area contributed by atoms with Gasteiger partial charge in [-0.2, -0.15) is 0 Å². The van der Waals surface area contributed by atoms with Crippen molar-refractivity contribution in [3.8, 4) is 0 Å². The summed E-state index contributed by atoms with van der Waals surface area (Å²) in [5, 5.41) is 0. The average Bonchev–Trinajstić information content (AvgIpc) is 2.36. The highest BCUT2D eigenvalue weighted by molar-refractivity contribution is 9.10. The molecule has 0 aliphatic heterocycles. The van der Waals surface area contributed by atoms with Crippen molar-refractivity contribution in [3.63, 3.8) is 0 Å². The second-order valence-electron chi connectivity index (χ2n) is 3.91. The van der Waals surface area contributed by atoms with E-state index in [1.165, 1.54) is 24.3 Å². The summed E-state index contributed by atoms with van der Waals surface area (Å²) in [4.78, 5) is -0.119. The van der Waals surface area contributed by atoms with Crippen LogP contribution in [0.15, 0.2) is 50.2 Å². The largest absolute Gasteiger partial charge is 0.398 e. The first-order valence-corrected chi connectivity index (χ1v) is 8.39. The van der Waals surface area contributed by atoms with E-state index < -0.39 is 15.8 Å². The normalized spacial score (nSPS) is 11.3. The van der Waals surface area contributed by atoms with Gasteiger partial charge in [-0.05, 0) is 36.4 Å². The van der Waals surface area contributed by atoms with E-state index in [0.717, 1.165) is 6.07 Å². The molecule has 0 unspecified atom stereocenters. The molecule has 106 valence electrons. The molecule has 0 bridgehead atoms. The minimum atomic E-state index is -3.97. The summed E-state index contributed by atoms with van der Waals surface area (Å²) in [6.45, 7) is 0. The molecule has 0 heterocycles. The van der Waals surface area contributed by atoms with Crippen molar-refractivity contribution >= 4 is 53.3 Å². The Morgan fingerprint density at radius 1 is 1.05 bits per heavy atom. The summed E-state index contributed by atoms with van der Waals surface area (Å²) in [5.41, 5.74) is 5.58. The van der Waals surface area contributed by atoms with Gasteiger partial charge in [-0.25, -0.2) is 12.8 Å². The number of hydrogen-bond donors (Lipinski definition) is 2. The smallest absolute Gasteiger partial charge is 0.264 e. The quantitative estimate of drug-likeness (QED) is 0.738. The molecule has 3 N–H and O–H groups in total. The molecule has 0 saturated heterocycles. The molecule has 2 rings (SSSR count). The Balaban J connectivity index is 2.46. The maximum atomic E-state index is 13.6. The van der Waals surface area contributed by atoms with Gasteiger partial charge in [0.2, 0.25) is 0 Å². The second-order valence-corrected chi connectivity index (χ2v) is 7.39. The summed E-state index contributed by atoms with van der Waals surface area (Å²) in [6.07, 6.45) is 0. The molecule has 0 aliphatic carbocycles. The second kappa shape index (κ2) is 5.71. The molecule has 2 aromatic rings. The molecule has 20 heavy (non-hydrogen) atoms. The van der Waals surface area contributed by atoms with Crippen molar-refractivity contribution in [1.29, 1.82) is 0 Å². The van der Waals surface area contributed by atoms with E-state index in [-0.39, 0.29) is 16.3 Å². The van der Waals surface area contributed by atoms with Crippen LogP contribution in [-0.2, 0) is 10.0 Å². The van der Waals surface area contributed by atoms with Crippen molar-refractivity contribution in [3.05, 3.63) is 51.2 Å². The molecule has 4 nitrogen and oxygen atoms in total. The van der Waals surface area contributed by atoms with Gasteiger partial charge >= 0.3 is 0 Å². The lowest BCUT2D eigenvalue weighted by atomic mass is 10.3. The van der Waals surface area contributed by atoms with E-state index in [9.17, 15) is 12.8 Å². The van der Waals surface area contributed by atoms with Gasteiger partial charge in [0.1, 0.15) is 10.7 Å². The predicted octanol–water partition coefficient (Wildman–Crippen LogP) is 3.73. The van der Waals surface area contributed by atoms with Crippen LogP contribution in [0.1, 0.15) is 0 Å². The van der Waals surface area contributed by atoms with Crippen LogP contribution in [0.4, 0.5) is 15.8 Å². The molecule has 0 radical (unpaired) electrons. The van der Waals surface area contributed by atoms with E-state index in [2.05, 4.69) is 36.6 Å². The zero-order valence-corrected chi connectivity index (χ0v) is 13.9. The first-order valence-electron chi connectivity index (χ1n) is 5.32. The monoisotopic (exact) mass is 422 g/mol. The van der Waals surface area contributed by atoms with E-state index in [1.807, 2.05) is 0 Å². The van der Waals surface area contributed by atoms with Crippen LogP contribution in [0.2, 0.25) is 0 Å². The highest BCUT2D eigenvalue weighted by Gasteiger charge is 2.19. The fourth-order valence-electron chi connectivity index (χ4n) is 1.52. The molecule has 8 heteroatoms. The van der Waals surface area contributed by atoms with Gasteiger partial charge in [0.05, 0.1) is 11.4 Å². The third kappa shape index (κ3) is 3.31. The van der Waals surface area contributed by atoms with Crippen LogP contribution >= 0.6 is 31.9 Å². The van der Waals surface area contributed by atoms with Gasteiger partial charge in [-0.15, -0.1) is 0 Å². The molecule has 0 aliphatic rings. The molecule has 0 aromatic heterocycles. The van der Waals surface area contributed by atoms with Crippen molar-refractivity contribution < 1.29 is 12.8 Å². The number of hydrogen-bond acceptors (Lipinski definition) is 3. The third-order valence-corrected chi connectivity index (χ3v) is 4.85. The molecule has 0 amide bonds. The van der Waals surface area contributed by atoms with Crippen LogP contribution in [0.3, 0.4) is 0 Å². The lowest BCUT2D eigenvalue weighted by Crippen LogP contribution is -2.15. The fraction of sp³-hybridized carbons (Fsp3) is 0. The average molecular weight is 424 g/mol. The highest BCUT2D eigenvalue weighted by atomic mass is 79.9. The molecule has 2 aromatic carbocycles. The standard InChI is InChI=1S/C12H9Br2FN2O2S/c13-7-1-3-9(15)11(5-7)17-20(18,19)12-6-8(14)2-4-10(12)16/h1-6,17H,16H2. The van der Waals surface area contributed by atoms with Crippen molar-refractivity contribution in [2.24, 2.45) is 0 Å². The first-order chi connectivity index (χ1) is 9.29. The van der Waals surface area contributed by atoms with Crippen molar-refractivity contribution in [2.45, 2.75) is 4.90 Å². The Kier molecular flexibility index (Phi) is 4.36. The Morgan fingerprint density at radius 3 is 2.35 bits per heavy atom. The van der Waals surface area contributed by atoms with Crippen LogP contribution < -0.4 is 10.5 Å². The third-order valence-electron chi connectivity index (χ3n) is 2.44. The summed E-state index contributed by atoms with van der Waals surface area (Å²) in [7, 11) is -3.97. The van der Waals surface area contributed by atoms with Gasteiger partial charge in [-0.3, -0.25) is 4.72 Å². The van der Waals surface area contributed by atoms with Gasteiger partial charge in [0.15, 0.2) is 0 Å². The van der Waals surface area contributed by atoms with Crippen LogP contribution in [-0.4, -0.2) is 8.42 Å². The molecule has 0 saturated carbocycles. The van der Waals surface area contributed by atoms with E-state index in [1.54, 1.807) is 6.07 Å². The molecule has 0 spiro atoms. The Morgan fingerprint density at radius 2 is 1.65 bits per heavy atom. The summed E-state index contributed by atoms with van der Waals surface area (Å²) in [6, 6.07) is 8.39. The van der Waals surface area contributed by atoms with Gasteiger partial charge in [-0.1, -0.05) is 31.9 Å². The molecular formula is C12H9Br2FN2O2S. The number of anilines is 2. The zero-order valence-electron chi connectivity index (χ0n) is 9.90. The highest BCUT2D eigenvalue weighted by Crippen LogP contribution is 2.27. The lowest BCUT2D eigenvalue weighted by molar-refractivity contribution is 0.599. The Bertz CT molecular complexity index is 766. The predicted molar refractivity (Wildman–Crippen MR) is 83.5 cm³/mol. The molecular weight excluding hydrogens is 415 g/mol. The maximum absolute atomic E-state index is 13.6. The number of nitrogen functional groups attached to an aromatic ring is 1. The van der Waals surface area contributed by atoms with E-state index in [0.29, 0.717) is 8.95 Å². The maximum Gasteiger partial charge on any atom is 0.264 e. The lowest BCUT2D eigenvalue weighted by Gasteiger charge is -2.11. The number of nitrogens with two attached hydrogens (primary N) is 1. The van der Waals surface area contributed by atoms with Gasteiger partial charge in [0, 0.05) is 8.95 Å². The number of nitrogens with one attached hydrogen (secondary N) is 1. The summed E-state index contributed by atoms with van der Waals surface area (Å²) in [5.74, 6) is -0.676. The van der Waals surface area contributed by atoms with Crippen LogP contribution in [0.5, 0.6) is 0 Å². The molecule has 0 fully saturated rings. The minimum absolute atomic E-state index is 0.0797.